The number of hydrogen-bond donors (Lipinski definition) is 1. The number of hydrogen-bond acceptors (Lipinski definition) is 3. The molecule has 1 saturated carbocycles. The molecule has 2 saturated heterocycles. The molecule has 6 nitrogen and oxygen atoms in total. The maximum Gasteiger partial charge on any atom is 0.225 e. The van der Waals surface area contributed by atoms with Crippen LogP contribution in [0.5, 0.6) is 0 Å². The van der Waals surface area contributed by atoms with Crippen molar-refractivity contribution >= 4 is 35.8 Å². The number of benzene rings is 1. The van der Waals surface area contributed by atoms with Gasteiger partial charge in [0.1, 0.15) is 0 Å². The minimum Gasteiger partial charge on any atom is -0.355 e. The number of carbonyl (C=O) groups excluding carboxylic acids is 1. The quantitative estimate of drug-likeness (QED) is 0.343. The van der Waals surface area contributed by atoms with Crippen molar-refractivity contribution < 1.29 is 4.79 Å². The average molecular weight is 540 g/mol. The van der Waals surface area contributed by atoms with Crippen LogP contribution in [-0.2, 0) is 11.2 Å². The van der Waals surface area contributed by atoms with Gasteiger partial charge in [-0.15, -0.1) is 24.0 Å². The Bertz CT molecular complexity index is 716. The molecule has 3 fully saturated rings. The van der Waals surface area contributed by atoms with Crippen LogP contribution >= 0.6 is 24.0 Å². The molecule has 0 bridgehead atoms. The number of aliphatic imine (C=N–C) groups is 1. The number of guanidine groups is 1. The molecule has 4 rings (SSSR count). The molecule has 1 aromatic rings. The van der Waals surface area contributed by atoms with Gasteiger partial charge in [0, 0.05) is 65.3 Å². The number of nitrogens with zero attached hydrogens (tertiary/aromatic N) is 4. The van der Waals surface area contributed by atoms with E-state index in [9.17, 15) is 4.79 Å². The van der Waals surface area contributed by atoms with Gasteiger partial charge in [0.2, 0.25) is 5.91 Å². The van der Waals surface area contributed by atoms with Gasteiger partial charge in [-0.05, 0) is 37.2 Å². The molecule has 172 valence electrons. The summed E-state index contributed by atoms with van der Waals surface area (Å²) in [6, 6.07) is 10.8. The third-order valence-corrected chi connectivity index (χ3v) is 7.01. The molecule has 0 spiro atoms. The zero-order chi connectivity index (χ0) is 20.8. The largest absolute Gasteiger partial charge is 0.355 e. The van der Waals surface area contributed by atoms with E-state index in [1.165, 1.54) is 18.4 Å². The van der Waals surface area contributed by atoms with E-state index in [2.05, 4.69) is 55.3 Å². The van der Waals surface area contributed by atoms with Gasteiger partial charge in [0.25, 0.3) is 0 Å². The van der Waals surface area contributed by atoms with Crippen LogP contribution in [0.15, 0.2) is 35.3 Å². The molecule has 0 radical (unpaired) electrons. The number of likely N-dealkylation sites (tertiary alicyclic amines) is 1. The smallest absolute Gasteiger partial charge is 0.225 e. The highest BCUT2D eigenvalue weighted by Gasteiger charge is 2.31. The lowest BCUT2D eigenvalue weighted by Gasteiger charge is -2.38. The van der Waals surface area contributed by atoms with Crippen molar-refractivity contribution in [3.8, 4) is 0 Å². The fraction of sp³-hybridized carbons (Fsp3) is 0.667. The van der Waals surface area contributed by atoms with Crippen molar-refractivity contribution in [3.63, 3.8) is 0 Å². The lowest BCUT2D eigenvalue weighted by molar-refractivity contribution is -0.139. The van der Waals surface area contributed by atoms with Crippen LogP contribution in [0.1, 0.15) is 31.2 Å². The Morgan fingerprint density at radius 2 is 1.77 bits per heavy atom. The van der Waals surface area contributed by atoms with E-state index >= 15 is 0 Å². The summed E-state index contributed by atoms with van der Waals surface area (Å²) in [7, 11) is 1.89. The maximum atomic E-state index is 12.4. The number of rotatable bonds is 6. The first kappa shape index (κ1) is 24.3. The van der Waals surface area contributed by atoms with Crippen LogP contribution < -0.4 is 5.32 Å². The zero-order valence-electron chi connectivity index (χ0n) is 18.8. The summed E-state index contributed by atoms with van der Waals surface area (Å²) in [5.74, 6) is 2.46. The molecule has 1 atom stereocenters. The summed E-state index contributed by atoms with van der Waals surface area (Å²) in [4.78, 5) is 23.9. The normalized spacial score (nSPS) is 22.7. The summed E-state index contributed by atoms with van der Waals surface area (Å²) in [5, 5.41) is 3.57. The van der Waals surface area contributed by atoms with Crippen LogP contribution in [0.25, 0.3) is 0 Å². The van der Waals surface area contributed by atoms with E-state index in [0.717, 1.165) is 77.6 Å². The van der Waals surface area contributed by atoms with E-state index in [-0.39, 0.29) is 24.0 Å². The fourth-order valence-electron chi connectivity index (χ4n) is 4.90. The van der Waals surface area contributed by atoms with Crippen LogP contribution in [0.2, 0.25) is 0 Å². The Labute approximate surface area is 204 Å². The van der Waals surface area contributed by atoms with Gasteiger partial charge in [-0.25, -0.2) is 0 Å². The SMILES string of the molecule is CN=C(NCCN1CCN(C(=O)C2CCC2)CC1)N1CCC(Cc2ccccc2)C1.I. The Morgan fingerprint density at radius 1 is 1.03 bits per heavy atom. The molecule has 31 heavy (non-hydrogen) atoms. The van der Waals surface area contributed by atoms with Crippen molar-refractivity contribution in [2.24, 2.45) is 16.8 Å². The molecule has 1 N–H and O–H groups in total. The predicted molar refractivity (Wildman–Crippen MR) is 137 cm³/mol. The maximum absolute atomic E-state index is 12.4. The third-order valence-electron chi connectivity index (χ3n) is 7.01. The van der Waals surface area contributed by atoms with Crippen molar-refractivity contribution in [2.45, 2.75) is 32.1 Å². The minimum atomic E-state index is 0. The number of carbonyl (C=O) groups is 1. The lowest BCUT2D eigenvalue weighted by atomic mass is 9.84. The van der Waals surface area contributed by atoms with Crippen molar-refractivity contribution in [1.82, 2.24) is 20.0 Å². The van der Waals surface area contributed by atoms with Crippen molar-refractivity contribution in [3.05, 3.63) is 35.9 Å². The molecule has 2 aliphatic heterocycles. The Kier molecular flexibility index (Phi) is 9.44. The highest BCUT2D eigenvalue weighted by Crippen LogP contribution is 2.28. The molecule has 1 aliphatic carbocycles. The van der Waals surface area contributed by atoms with Gasteiger partial charge >= 0.3 is 0 Å². The second-order valence-electron chi connectivity index (χ2n) is 9.06. The van der Waals surface area contributed by atoms with Gasteiger partial charge in [-0.2, -0.15) is 0 Å². The predicted octanol–water partition coefficient (Wildman–Crippen LogP) is 2.69. The third kappa shape index (κ3) is 6.57. The Hall–Kier alpha value is -1.35. The highest BCUT2D eigenvalue weighted by atomic mass is 127. The zero-order valence-corrected chi connectivity index (χ0v) is 21.2. The lowest BCUT2D eigenvalue weighted by Crippen LogP contribution is -2.52. The molecule has 3 aliphatic rings. The van der Waals surface area contributed by atoms with E-state index in [0.29, 0.717) is 17.7 Å². The number of amides is 1. The summed E-state index contributed by atoms with van der Waals surface area (Å²) in [5.41, 5.74) is 1.43. The van der Waals surface area contributed by atoms with Crippen LogP contribution in [0.3, 0.4) is 0 Å². The fourth-order valence-corrected chi connectivity index (χ4v) is 4.90. The number of nitrogens with one attached hydrogen (secondary N) is 1. The summed E-state index contributed by atoms with van der Waals surface area (Å²) in [6.07, 6.45) is 5.81. The molecule has 1 unspecified atom stereocenters. The van der Waals surface area contributed by atoms with Crippen LogP contribution in [0.4, 0.5) is 0 Å². The summed E-state index contributed by atoms with van der Waals surface area (Å²) in [6.45, 7) is 7.82. The second kappa shape index (κ2) is 12.0. The molecular weight excluding hydrogens is 501 g/mol. The Balaban J connectivity index is 0.00000272. The number of halogens is 1. The monoisotopic (exact) mass is 539 g/mol. The standard InChI is InChI=1S/C24H37N5O.HI/c1-25-24(29-12-10-21(19-29)18-20-6-3-2-4-7-20)26-11-13-27-14-16-28(17-15-27)23(30)22-8-5-9-22;/h2-4,6-7,21-22H,5,8-19H2,1H3,(H,25,26);1H. The first-order valence-corrected chi connectivity index (χ1v) is 11.7. The van der Waals surface area contributed by atoms with Gasteiger partial charge in [-0.3, -0.25) is 14.7 Å². The molecule has 1 aromatic carbocycles. The van der Waals surface area contributed by atoms with Crippen LogP contribution in [0, 0.1) is 11.8 Å². The first-order valence-electron chi connectivity index (χ1n) is 11.7. The van der Waals surface area contributed by atoms with Gasteiger partial charge in [0.15, 0.2) is 5.96 Å². The highest BCUT2D eigenvalue weighted by molar-refractivity contribution is 14.0. The van der Waals surface area contributed by atoms with E-state index in [1.807, 2.05) is 7.05 Å². The van der Waals surface area contributed by atoms with E-state index in [4.69, 9.17) is 0 Å². The van der Waals surface area contributed by atoms with Gasteiger partial charge in [0.05, 0.1) is 0 Å². The molecule has 1 amide bonds. The molecule has 7 heteroatoms. The first-order chi connectivity index (χ1) is 14.7. The summed E-state index contributed by atoms with van der Waals surface area (Å²) < 4.78 is 0. The molecule has 2 heterocycles. The van der Waals surface area contributed by atoms with E-state index < -0.39 is 0 Å². The summed E-state index contributed by atoms with van der Waals surface area (Å²) >= 11 is 0. The molecule has 0 aromatic heterocycles. The van der Waals surface area contributed by atoms with Crippen molar-refractivity contribution in [1.29, 1.82) is 0 Å². The topological polar surface area (TPSA) is 51.2 Å². The Morgan fingerprint density at radius 3 is 2.42 bits per heavy atom. The average Bonchev–Trinajstić information content (AvgIpc) is 3.19. The minimum absolute atomic E-state index is 0. The number of piperazine rings is 1. The van der Waals surface area contributed by atoms with E-state index in [1.54, 1.807) is 0 Å². The van der Waals surface area contributed by atoms with Crippen molar-refractivity contribution in [2.75, 3.05) is 59.4 Å². The van der Waals surface area contributed by atoms with Gasteiger partial charge in [-0.1, -0.05) is 36.8 Å². The second-order valence-corrected chi connectivity index (χ2v) is 9.06. The van der Waals surface area contributed by atoms with Crippen LogP contribution in [-0.4, -0.2) is 86.0 Å². The van der Waals surface area contributed by atoms with Gasteiger partial charge < -0.3 is 15.1 Å². The molecular formula is C24H38IN5O.